The van der Waals surface area contributed by atoms with Crippen molar-refractivity contribution >= 4 is 46.4 Å². The van der Waals surface area contributed by atoms with Crippen LogP contribution in [0.15, 0.2) is 41.4 Å². The minimum Gasteiger partial charge on any atom is -0.496 e. The second-order valence-corrected chi connectivity index (χ2v) is 7.77. The zero-order valence-corrected chi connectivity index (χ0v) is 17.1. The molecule has 3 rings (SSSR count). The van der Waals surface area contributed by atoms with E-state index >= 15 is 0 Å². The van der Waals surface area contributed by atoms with Crippen molar-refractivity contribution in [3.63, 3.8) is 0 Å². The number of ether oxygens (including phenoxy) is 1. The summed E-state index contributed by atoms with van der Waals surface area (Å²) in [5, 5.41) is 0.932. The van der Waals surface area contributed by atoms with Crippen LogP contribution in [0.3, 0.4) is 0 Å². The topological polar surface area (TPSA) is 24.8 Å². The molecule has 0 radical (unpaired) electrons. The van der Waals surface area contributed by atoms with Crippen LogP contribution < -0.4 is 9.64 Å². The SMILES string of the molecule is COc1cc2c(cc1C=Nc1cccc(Cl)c1Cl)C(C)=CC(C)(C)N2C. The zero-order valence-electron chi connectivity index (χ0n) is 15.6. The van der Waals surface area contributed by atoms with E-state index < -0.39 is 0 Å². The molecule has 5 heteroatoms. The highest BCUT2D eigenvalue weighted by atomic mass is 35.5. The van der Waals surface area contributed by atoms with Gasteiger partial charge in [-0.05, 0) is 44.5 Å². The maximum atomic E-state index is 6.23. The Hall–Kier alpha value is -1.97. The molecule has 1 aliphatic rings. The van der Waals surface area contributed by atoms with E-state index in [1.165, 1.54) is 11.1 Å². The molecule has 3 nitrogen and oxygen atoms in total. The van der Waals surface area contributed by atoms with Gasteiger partial charge in [0.15, 0.2) is 0 Å². The number of rotatable bonds is 3. The van der Waals surface area contributed by atoms with Gasteiger partial charge in [-0.2, -0.15) is 0 Å². The molecule has 0 aromatic heterocycles. The molecule has 2 aromatic rings. The van der Waals surface area contributed by atoms with Crippen LogP contribution in [0.4, 0.5) is 11.4 Å². The van der Waals surface area contributed by atoms with Crippen molar-refractivity contribution in [2.24, 2.45) is 4.99 Å². The van der Waals surface area contributed by atoms with Crippen molar-refractivity contribution in [2.75, 3.05) is 19.1 Å². The Morgan fingerprint density at radius 3 is 2.62 bits per heavy atom. The Morgan fingerprint density at radius 2 is 1.92 bits per heavy atom. The highest BCUT2D eigenvalue weighted by Gasteiger charge is 2.29. The molecule has 136 valence electrons. The summed E-state index contributed by atoms with van der Waals surface area (Å²) in [6.07, 6.45) is 4.04. The quantitative estimate of drug-likeness (QED) is 0.569. The van der Waals surface area contributed by atoms with E-state index in [9.17, 15) is 0 Å². The van der Waals surface area contributed by atoms with Crippen molar-refractivity contribution in [3.8, 4) is 5.75 Å². The summed E-state index contributed by atoms with van der Waals surface area (Å²) in [5.41, 5.74) is 5.02. The highest BCUT2D eigenvalue weighted by Crippen LogP contribution is 2.41. The monoisotopic (exact) mass is 388 g/mol. The van der Waals surface area contributed by atoms with E-state index in [1.54, 1.807) is 19.4 Å². The van der Waals surface area contributed by atoms with Gasteiger partial charge in [0, 0.05) is 36.1 Å². The fourth-order valence-electron chi connectivity index (χ4n) is 3.20. The Kier molecular flexibility index (Phi) is 5.05. The van der Waals surface area contributed by atoms with Gasteiger partial charge in [-0.1, -0.05) is 35.3 Å². The van der Waals surface area contributed by atoms with Crippen molar-refractivity contribution in [1.29, 1.82) is 0 Å². The number of aliphatic imine (C=N–C) groups is 1. The van der Waals surface area contributed by atoms with Crippen molar-refractivity contribution in [2.45, 2.75) is 26.3 Å². The lowest BCUT2D eigenvalue weighted by Gasteiger charge is -2.40. The van der Waals surface area contributed by atoms with Crippen LogP contribution in [-0.2, 0) is 0 Å². The second kappa shape index (κ2) is 6.98. The minimum absolute atomic E-state index is 0.0496. The highest BCUT2D eigenvalue weighted by molar-refractivity contribution is 6.43. The number of hydrogen-bond acceptors (Lipinski definition) is 3. The molecule has 0 bridgehead atoms. The van der Waals surface area contributed by atoms with E-state index in [2.05, 4.69) is 55.9 Å². The molecule has 26 heavy (non-hydrogen) atoms. The van der Waals surface area contributed by atoms with E-state index in [1.807, 2.05) is 12.1 Å². The molecule has 0 saturated heterocycles. The maximum Gasteiger partial charge on any atom is 0.129 e. The van der Waals surface area contributed by atoms with E-state index in [4.69, 9.17) is 27.9 Å². The Bertz CT molecular complexity index is 916. The second-order valence-electron chi connectivity index (χ2n) is 6.98. The first-order valence-corrected chi connectivity index (χ1v) is 9.14. The van der Waals surface area contributed by atoms with Gasteiger partial charge >= 0.3 is 0 Å². The molecular formula is C21H22Cl2N2O. The molecule has 0 unspecified atom stereocenters. The first-order chi connectivity index (χ1) is 12.2. The third-order valence-electron chi connectivity index (χ3n) is 4.84. The number of allylic oxidation sites excluding steroid dienone is 1. The van der Waals surface area contributed by atoms with Gasteiger partial charge in [-0.25, -0.2) is 0 Å². The number of halogens is 2. The Balaban J connectivity index is 2.08. The van der Waals surface area contributed by atoms with Crippen molar-refractivity contribution in [3.05, 3.63) is 57.6 Å². The summed E-state index contributed by atoms with van der Waals surface area (Å²) in [5.74, 6) is 0.767. The van der Waals surface area contributed by atoms with Crippen LogP contribution in [0.25, 0.3) is 5.57 Å². The summed E-state index contributed by atoms with van der Waals surface area (Å²) in [6.45, 7) is 6.53. The third kappa shape index (κ3) is 3.34. The van der Waals surface area contributed by atoms with Crippen molar-refractivity contribution < 1.29 is 4.74 Å². The summed E-state index contributed by atoms with van der Waals surface area (Å²) >= 11 is 12.3. The van der Waals surface area contributed by atoms with Crippen LogP contribution >= 0.6 is 23.2 Å². The normalized spacial score (nSPS) is 15.8. The van der Waals surface area contributed by atoms with Crippen molar-refractivity contribution in [1.82, 2.24) is 0 Å². The van der Waals surface area contributed by atoms with Crippen LogP contribution in [0.5, 0.6) is 5.75 Å². The van der Waals surface area contributed by atoms with Gasteiger partial charge in [-0.3, -0.25) is 4.99 Å². The molecule has 1 heterocycles. The summed E-state index contributed by atoms with van der Waals surface area (Å²) in [7, 11) is 3.77. The Morgan fingerprint density at radius 1 is 1.19 bits per heavy atom. The molecule has 0 amide bonds. The standard InChI is InChI=1S/C21H22Cl2N2O/c1-13-11-21(2,3)25(4)18-10-19(26-5)14(9-15(13)18)12-24-17-8-6-7-16(22)20(17)23/h6-12H,1-5H3. The lowest BCUT2D eigenvalue weighted by atomic mass is 9.88. The van der Waals surface area contributed by atoms with Crippen LogP contribution in [-0.4, -0.2) is 25.9 Å². The molecule has 0 N–H and O–H groups in total. The summed E-state index contributed by atoms with van der Waals surface area (Å²) in [6, 6.07) is 9.57. The number of benzene rings is 2. The number of nitrogens with zero attached hydrogens (tertiary/aromatic N) is 2. The smallest absolute Gasteiger partial charge is 0.129 e. The predicted molar refractivity (Wildman–Crippen MR) is 113 cm³/mol. The number of hydrogen-bond donors (Lipinski definition) is 0. The van der Waals surface area contributed by atoms with Crippen LogP contribution in [0.2, 0.25) is 10.0 Å². The third-order valence-corrected chi connectivity index (χ3v) is 5.65. The molecular weight excluding hydrogens is 367 g/mol. The van der Waals surface area contributed by atoms with E-state index in [0.29, 0.717) is 15.7 Å². The predicted octanol–water partition coefficient (Wildman–Crippen LogP) is 6.38. The summed E-state index contributed by atoms with van der Waals surface area (Å²) in [4.78, 5) is 6.77. The molecule has 0 fully saturated rings. The zero-order chi connectivity index (χ0) is 19.1. The van der Waals surface area contributed by atoms with Gasteiger partial charge in [0.1, 0.15) is 5.75 Å². The summed E-state index contributed by atoms with van der Waals surface area (Å²) < 4.78 is 5.61. The molecule has 0 saturated carbocycles. The molecule has 0 atom stereocenters. The van der Waals surface area contributed by atoms with Crippen LogP contribution in [0, 0.1) is 0 Å². The molecule has 0 spiro atoms. The molecule has 2 aromatic carbocycles. The largest absolute Gasteiger partial charge is 0.496 e. The number of fused-ring (bicyclic) bond motifs is 1. The number of anilines is 1. The van der Waals surface area contributed by atoms with Gasteiger partial charge in [0.2, 0.25) is 0 Å². The fourth-order valence-corrected chi connectivity index (χ4v) is 3.55. The minimum atomic E-state index is -0.0496. The lowest BCUT2D eigenvalue weighted by Crippen LogP contribution is -2.42. The van der Waals surface area contributed by atoms with Gasteiger partial charge in [-0.15, -0.1) is 0 Å². The fraction of sp³-hybridized carbons (Fsp3) is 0.286. The van der Waals surface area contributed by atoms with Gasteiger partial charge < -0.3 is 9.64 Å². The maximum absolute atomic E-state index is 6.23. The van der Waals surface area contributed by atoms with Gasteiger partial charge in [0.05, 0.1) is 28.4 Å². The first-order valence-electron chi connectivity index (χ1n) is 8.38. The molecule has 0 aliphatic carbocycles. The lowest BCUT2D eigenvalue weighted by molar-refractivity contribution is 0.414. The average molecular weight is 389 g/mol. The van der Waals surface area contributed by atoms with Crippen LogP contribution in [0.1, 0.15) is 31.9 Å². The Labute approximate surface area is 164 Å². The van der Waals surface area contributed by atoms with Gasteiger partial charge in [0.25, 0.3) is 0 Å². The molecule has 1 aliphatic heterocycles. The number of likely N-dealkylation sites (N-methyl/N-ethyl adjacent to an activating group) is 1. The van der Waals surface area contributed by atoms with E-state index in [-0.39, 0.29) is 5.54 Å². The van der Waals surface area contributed by atoms with E-state index in [0.717, 1.165) is 17.0 Å². The average Bonchev–Trinajstić information content (AvgIpc) is 2.60. The number of methoxy groups -OCH3 is 1. The first kappa shape index (κ1) is 18.8.